The van der Waals surface area contributed by atoms with E-state index in [1.165, 1.54) is 25.7 Å². The smallest absolute Gasteiger partial charge is 0.0543 e. The molecular formula is C17H29N3. The average Bonchev–Trinajstić information content (AvgIpc) is 2.47. The summed E-state index contributed by atoms with van der Waals surface area (Å²) in [7, 11) is 0. The lowest BCUT2D eigenvalue weighted by Crippen LogP contribution is -2.45. The van der Waals surface area contributed by atoms with Gasteiger partial charge in [0.1, 0.15) is 0 Å². The molecule has 20 heavy (non-hydrogen) atoms. The van der Waals surface area contributed by atoms with Crippen molar-refractivity contribution in [3.05, 3.63) is 30.1 Å². The molecule has 3 heteroatoms. The first kappa shape index (κ1) is 15.5. The molecule has 1 aromatic rings. The van der Waals surface area contributed by atoms with E-state index in [1.54, 1.807) is 0 Å². The van der Waals surface area contributed by atoms with Gasteiger partial charge in [0.05, 0.1) is 5.69 Å². The summed E-state index contributed by atoms with van der Waals surface area (Å²) >= 11 is 0. The van der Waals surface area contributed by atoms with Crippen molar-refractivity contribution in [2.24, 2.45) is 17.1 Å². The molecular weight excluding hydrogens is 246 g/mol. The van der Waals surface area contributed by atoms with Crippen LogP contribution in [0, 0.1) is 11.3 Å². The minimum absolute atomic E-state index is 0.322. The van der Waals surface area contributed by atoms with Gasteiger partial charge < -0.3 is 5.73 Å². The van der Waals surface area contributed by atoms with Crippen molar-refractivity contribution in [2.45, 2.75) is 46.1 Å². The van der Waals surface area contributed by atoms with E-state index in [9.17, 15) is 0 Å². The summed E-state index contributed by atoms with van der Waals surface area (Å²) in [4.78, 5) is 6.96. The first-order chi connectivity index (χ1) is 9.67. The van der Waals surface area contributed by atoms with Crippen LogP contribution in [0.25, 0.3) is 0 Å². The van der Waals surface area contributed by atoms with Gasteiger partial charge in [0, 0.05) is 19.3 Å². The van der Waals surface area contributed by atoms with Crippen molar-refractivity contribution in [1.29, 1.82) is 0 Å². The Morgan fingerprint density at radius 1 is 1.45 bits per heavy atom. The van der Waals surface area contributed by atoms with Gasteiger partial charge in [-0.25, -0.2) is 0 Å². The molecule has 1 aromatic heterocycles. The fourth-order valence-corrected chi connectivity index (χ4v) is 3.64. The van der Waals surface area contributed by atoms with Crippen LogP contribution in [0.4, 0.5) is 0 Å². The maximum Gasteiger partial charge on any atom is 0.0543 e. The van der Waals surface area contributed by atoms with E-state index in [0.29, 0.717) is 5.41 Å². The summed E-state index contributed by atoms with van der Waals surface area (Å²) in [5.41, 5.74) is 7.63. The maximum absolute atomic E-state index is 6.15. The lowest BCUT2D eigenvalue weighted by Gasteiger charge is -2.42. The third kappa shape index (κ3) is 4.03. The Kier molecular flexibility index (Phi) is 5.55. The first-order valence-corrected chi connectivity index (χ1v) is 8.00. The molecule has 0 aliphatic heterocycles. The maximum atomic E-state index is 6.15. The lowest BCUT2D eigenvalue weighted by molar-refractivity contribution is 0.0866. The van der Waals surface area contributed by atoms with E-state index in [1.807, 2.05) is 12.3 Å². The van der Waals surface area contributed by atoms with Crippen molar-refractivity contribution in [3.63, 3.8) is 0 Å². The van der Waals surface area contributed by atoms with Crippen LogP contribution >= 0.6 is 0 Å². The molecule has 112 valence electrons. The van der Waals surface area contributed by atoms with Crippen molar-refractivity contribution < 1.29 is 0 Å². The summed E-state index contributed by atoms with van der Waals surface area (Å²) < 4.78 is 0. The van der Waals surface area contributed by atoms with Gasteiger partial charge in [-0.15, -0.1) is 0 Å². The van der Waals surface area contributed by atoms with Crippen LogP contribution in [0.5, 0.6) is 0 Å². The van der Waals surface area contributed by atoms with Gasteiger partial charge in [-0.3, -0.25) is 9.88 Å². The summed E-state index contributed by atoms with van der Waals surface area (Å²) in [5.74, 6) is 0.820. The highest BCUT2D eigenvalue weighted by Crippen LogP contribution is 2.39. The van der Waals surface area contributed by atoms with E-state index in [0.717, 1.165) is 37.8 Å². The van der Waals surface area contributed by atoms with Gasteiger partial charge in [-0.1, -0.05) is 32.8 Å². The molecule has 0 amide bonds. The van der Waals surface area contributed by atoms with Gasteiger partial charge in [0.25, 0.3) is 0 Å². The molecule has 1 aliphatic carbocycles. The Morgan fingerprint density at radius 2 is 2.30 bits per heavy atom. The quantitative estimate of drug-likeness (QED) is 0.867. The molecule has 2 unspecified atom stereocenters. The highest BCUT2D eigenvalue weighted by molar-refractivity contribution is 5.03. The second-order valence-electron chi connectivity index (χ2n) is 6.53. The number of rotatable bonds is 6. The average molecular weight is 275 g/mol. The van der Waals surface area contributed by atoms with E-state index in [4.69, 9.17) is 5.73 Å². The number of nitrogens with two attached hydrogens (primary N) is 1. The Bertz CT molecular complexity index is 392. The fraction of sp³-hybridized carbons (Fsp3) is 0.706. The summed E-state index contributed by atoms with van der Waals surface area (Å²) in [6.45, 7) is 8.54. The fourth-order valence-electron chi connectivity index (χ4n) is 3.64. The molecule has 2 rings (SSSR count). The van der Waals surface area contributed by atoms with E-state index >= 15 is 0 Å². The zero-order chi connectivity index (χ0) is 14.4. The number of pyridine rings is 1. The molecule has 3 nitrogen and oxygen atoms in total. The Hall–Kier alpha value is -0.930. The largest absolute Gasteiger partial charge is 0.330 e. The van der Waals surface area contributed by atoms with E-state index in [2.05, 4.69) is 35.9 Å². The molecule has 0 aromatic carbocycles. The monoisotopic (exact) mass is 275 g/mol. The van der Waals surface area contributed by atoms with Gasteiger partial charge in [-0.2, -0.15) is 0 Å². The molecule has 1 fully saturated rings. The predicted molar refractivity (Wildman–Crippen MR) is 84.3 cm³/mol. The van der Waals surface area contributed by atoms with Crippen LogP contribution in [-0.4, -0.2) is 29.5 Å². The second-order valence-corrected chi connectivity index (χ2v) is 6.53. The zero-order valence-electron chi connectivity index (χ0n) is 13.0. The summed E-state index contributed by atoms with van der Waals surface area (Å²) in [5, 5.41) is 0. The molecule has 1 heterocycles. The van der Waals surface area contributed by atoms with Crippen molar-refractivity contribution in [3.8, 4) is 0 Å². The summed E-state index contributed by atoms with van der Waals surface area (Å²) in [6, 6.07) is 6.16. The summed E-state index contributed by atoms with van der Waals surface area (Å²) in [6.07, 6.45) is 7.15. The molecule has 0 saturated heterocycles. The third-order valence-corrected chi connectivity index (χ3v) is 4.74. The number of hydrogen-bond acceptors (Lipinski definition) is 3. The molecule has 2 atom stereocenters. The minimum Gasteiger partial charge on any atom is -0.330 e. The molecule has 0 spiro atoms. The second kappa shape index (κ2) is 7.19. The number of nitrogens with zero attached hydrogens (tertiary/aromatic N) is 2. The third-order valence-electron chi connectivity index (χ3n) is 4.74. The SMILES string of the molecule is CCN(Cc1ccccn1)CC1(CN)CCCC(C)C1. The van der Waals surface area contributed by atoms with Crippen molar-refractivity contribution in [2.75, 3.05) is 19.6 Å². The minimum atomic E-state index is 0.322. The predicted octanol–water partition coefficient (Wildman–Crippen LogP) is 3.06. The lowest BCUT2D eigenvalue weighted by atomic mass is 9.69. The Labute approximate surface area is 123 Å². The van der Waals surface area contributed by atoms with Gasteiger partial charge in [-0.05, 0) is 49.4 Å². The van der Waals surface area contributed by atoms with Crippen LogP contribution in [0.2, 0.25) is 0 Å². The zero-order valence-corrected chi connectivity index (χ0v) is 13.0. The van der Waals surface area contributed by atoms with E-state index < -0.39 is 0 Å². The van der Waals surface area contributed by atoms with Crippen LogP contribution in [0.1, 0.15) is 45.2 Å². The standard InChI is InChI=1S/C17H29N3/c1-3-20(12-16-8-4-5-10-19-16)14-17(13-18)9-6-7-15(2)11-17/h4-5,8,10,15H,3,6-7,9,11-14,18H2,1-2H3. The van der Waals surface area contributed by atoms with Crippen LogP contribution in [0.15, 0.2) is 24.4 Å². The van der Waals surface area contributed by atoms with Gasteiger partial charge in [0.15, 0.2) is 0 Å². The molecule has 2 N–H and O–H groups in total. The van der Waals surface area contributed by atoms with Gasteiger partial charge in [0.2, 0.25) is 0 Å². The van der Waals surface area contributed by atoms with Crippen LogP contribution in [-0.2, 0) is 6.54 Å². The van der Waals surface area contributed by atoms with Crippen LogP contribution < -0.4 is 5.73 Å². The Morgan fingerprint density at radius 3 is 2.90 bits per heavy atom. The molecule has 0 bridgehead atoms. The molecule has 0 radical (unpaired) electrons. The normalized spacial score (nSPS) is 26.9. The van der Waals surface area contributed by atoms with E-state index in [-0.39, 0.29) is 0 Å². The number of aromatic nitrogens is 1. The Balaban J connectivity index is 2.00. The molecule has 1 saturated carbocycles. The van der Waals surface area contributed by atoms with Crippen LogP contribution in [0.3, 0.4) is 0 Å². The number of hydrogen-bond donors (Lipinski definition) is 1. The highest BCUT2D eigenvalue weighted by Gasteiger charge is 2.35. The highest BCUT2D eigenvalue weighted by atomic mass is 15.1. The first-order valence-electron chi connectivity index (χ1n) is 8.00. The molecule has 1 aliphatic rings. The topological polar surface area (TPSA) is 42.2 Å². The van der Waals surface area contributed by atoms with Gasteiger partial charge >= 0.3 is 0 Å². The van der Waals surface area contributed by atoms with Crippen molar-refractivity contribution >= 4 is 0 Å². The van der Waals surface area contributed by atoms with Crippen molar-refractivity contribution in [1.82, 2.24) is 9.88 Å².